The van der Waals surface area contributed by atoms with Crippen LogP contribution in [0.2, 0.25) is 10.0 Å². The van der Waals surface area contributed by atoms with E-state index in [1.807, 2.05) is 0 Å². The highest BCUT2D eigenvalue weighted by atomic mass is 35.5. The minimum absolute atomic E-state index is 0.0431. The van der Waals surface area contributed by atoms with E-state index < -0.39 is 28.6 Å². The number of sulfonamides is 1. The molecule has 0 saturated heterocycles. The third-order valence-electron chi connectivity index (χ3n) is 3.76. The van der Waals surface area contributed by atoms with Gasteiger partial charge in [0.15, 0.2) is 0 Å². The molecule has 2 aromatic rings. The number of halogens is 2. The Bertz CT molecular complexity index is 994. The number of hydrogen-bond acceptors (Lipinski definition) is 6. The maximum atomic E-state index is 13.5. The van der Waals surface area contributed by atoms with Gasteiger partial charge in [-0.25, -0.2) is 8.42 Å². The summed E-state index contributed by atoms with van der Waals surface area (Å²) in [5.41, 5.74) is 0.0867. The minimum Gasteiger partial charge on any atom is -0.497 e. The summed E-state index contributed by atoms with van der Waals surface area (Å²) in [7, 11) is -1.50. The smallest absolute Gasteiger partial charge is 0.327 e. The molecule has 0 aliphatic carbocycles. The Balaban J connectivity index is 2.68. The average molecular weight is 462 g/mol. The summed E-state index contributed by atoms with van der Waals surface area (Å²) in [6, 6.07) is 8.62. The van der Waals surface area contributed by atoms with Gasteiger partial charge in [-0.05, 0) is 44.2 Å². The lowest BCUT2D eigenvalue weighted by Crippen LogP contribution is -2.37. The second-order valence-electron chi connectivity index (χ2n) is 6.16. The summed E-state index contributed by atoms with van der Waals surface area (Å²) in [6.45, 7) is 2.72. The molecule has 0 bridgehead atoms. The summed E-state index contributed by atoms with van der Waals surface area (Å²) in [5.74, 6) is -0.160. The Kier molecular flexibility index (Phi) is 7.62. The van der Waals surface area contributed by atoms with Gasteiger partial charge >= 0.3 is 5.97 Å². The summed E-state index contributed by atoms with van der Waals surface area (Å²) in [4.78, 5) is 12.1. The fourth-order valence-corrected chi connectivity index (χ4v) is 4.65. The van der Waals surface area contributed by atoms with Crippen molar-refractivity contribution in [2.24, 2.45) is 0 Å². The van der Waals surface area contributed by atoms with Gasteiger partial charge in [-0.2, -0.15) is 0 Å². The molecule has 0 aromatic heterocycles. The molecule has 0 radical (unpaired) electrons. The molecule has 7 nitrogen and oxygen atoms in total. The van der Waals surface area contributed by atoms with Crippen LogP contribution in [-0.2, 0) is 19.6 Å². The number of hydrogen-bond donors (Lipinski definition) is 0. The second-order valence-corrected chi connectivity index (χ2v) is 8.84. The normalized spacial score (nSPS) is 11.3. The van der Waals surface area contributed by atoms with Gasteiger partial charge in [-0.1, -0.05) is 23.2 Å². The maximum Gasteiger partial charge on any atom is 0.327 e. The Morgan fingerprint density at radius 3 is 2.34 bits per heavy atom. The first-order valence-corrected chi connectivity index (χ1v) is 10.7. The van der Waals surface area contributed by atoms with Crippen molar-refractivity contribution in [3.63, 3.8) is 0 Å². The Morgan fingerprint density at radius 2 is 1.76 bits per heavy atom. The summed E-state index contributed by atoms with van der Waals surface area (Å²) < 4.78 is 43.4. The zero-order valence-electron chi connectivity index (χ0n) is 16.3. The summed E-state index contributed by atoms with van der Waals surface area (Å²) in [6.07, 6.45) is -0.422. The zero-order valence-corrected chi connectivity index (χ0v) is 18.6. The van der Waals surface area contributed by atoms with Crippen molar-refractivity contribution in [2.45, 2.75) is 24.8 Å². The molecule has 0 spiro atoms. The molecular weight excluding hydrogens is 441 g/mol. The Hall–Kier alpha value is -2.16. The number of esters is 1. The van der Waals surface area contributed by atoms with Crippen molar-refractivity contribution in [1.82, 2.24) is 0 Å². The summed E-state index contributed by atoms with van der Waals surface area (Å²) in [5, 5.41) is 0.133. The van der Waals surface area contributed by atoms with Crippen molar-refractivity contribution < 1.29 is 27.4 Å². The SMILES string of the molecule is COc1ccc(OC)c(N(CC(=O)OC(C)C)S(=O)(=O)c2cc(Cl)ccc2Cl)c1. The lowest BCUT2D eigenvalue weighted by Gasteiger charge is -2.26. The van der Waals surface area contributed by atoms with Gasteiger partial charge in [-0.3, -0.25) is 9.10 Å². The highest BCUT2D eigenvalue weighted by Gasteiger charge is 2.32. The first-order valence-electron chi connectivity index (χ1n) is 8.49. The van der Waals surface area contributed by atoms with Crippen molar-refractivity contribution in [2.75, 3.05) is 25.1 Å². The molecule has 0 heterocycles. The highest BCUT2D eigenvalue weighted by molar-refractivity contribution is 7.93. The van der Waals surface area contributed by atoms with E-state index in [-0.39, 0.29) is 26.4 Å². The Morgan fingerprint density at radius 1 is 1.07 bits per heavy atom. The molecule has 2 aromatic carbocycles. The quantitative estimate of drug-likeness (QED) is 0.548. The molecule has 0 amide bonds. The number of nitrogens with zero attached hydrogens (tertiary/aromatic N) is 1. The van der Waals surface area contributed by atoms with Gasteiger partial charge in [0.05, 0.1) is 31.0 Å². The Labute approximate surface area is 180 Å². The van der Waals surface area contributed by atoms with Gasteiger partial charge in [0, 0.05) is 11.1 Å². The van der Waals surface area contributed by atoms with E-state index in [9.17, 15) is 13.2 Å². The van der Waals surface area contributed by atoms with E-state index in [4.69, 9.17) is 37.4 Å². The van der Waals surface area contributed by atoms with Crippen LogP contribution >= 0.6 is 23.2 Å². The van der Waals surface area contributed by atoms with Crippen LogP contribution in [0.4, 0.5) is 5.69 Å². The van der Waals surface area contributed by atoms with Gasteiger partial charge in [0.2, 0.25) is 0 Å². The van der Waals surface area contributed by atoms with Crippen LogP contribution in [0.3, 0.4) is 0 Å². The van der Waals surface area contributed by atoms with E-state index >= 15 is 0 Å². The number of rotatable bonds is 8. The van der Waals surface area contributed by atoms with Crippen molar-refractivity contribution >= 4 is 44.9 Å². The van der Waals surface area contributed by atoms with Crippen LogP contribution in [0.1, 0.15) is 13.8 Å². The van der Waals surface area contributed by atoms with Crippen LogP contribution in [-0.4, -0.2) is 41.3 Å². The van der Waals surface area contributed by atoms with Gasteiger partial charge in [0.1, 0.15) is 22.9 Å². The molecule has 0 aliphatic heterocycles. The maximum absolute atomic E-state index is 13.5. The van der Waals surface area contributed by atoms with Crippen LogP contribution < -0.4 is 13.8 Å². The number of anilines is 1. The van der Waals surface area contributed by atoms with Gasteiger partial charge in [-0.15, -0.1) is 0 Å². The average Bonchev–Trinajstić information content (AvgIpc) is 2.66. The molecule has 29 heavy (non-hydrogen) atoms. The predicted octanol–water partition coefficient (Wildman–Crippen LogP) is 4.16. The molecule has 0 unspecified atom stereocenters. The third-order valence-corrected chi connectivity index (χ3v) is 6.23. The van der Waals surface area contributed by atoms with Gasteiger partial charge < -0.3 is 14.2 Å². The molecule has 0 N–H and O–H groups in total. The van der Waals surface area contributed by atoms with Gasteiger partial charge in [0.25, 0.3) is 10.0 Å². The molecule has 2 rings (SSSR count). The summed E-state index contributed by atoms with van der Waals surface area (Å²) >= 11 is 12.1. The van der Waals surface area contributed by atoms with Crippen LogP contribution in [0.15, 0.2) is 41.3 Å². The fourth-order valence-electron chi connectivity index (χ4n) is 2.50. The molecule has 0 saturated carbocycles. The van der Waals surface area contributed by atoms with E-state index in [0.29, 0.717) is 5.75 Å². The second kappa shape index (κ2) is 9.56. The monoisotopic (exact) mass is 461 g/mol. The third kappa shape index (κ3) is 5.46. The zero-order chi connectivity index (χ0) is 21.8. The number of ether oxygens (including phenoxy) is 3. The standard InChI is InChI=1S/C19H21Cl2NO6S/c1-12(2)28-19(23)11-22(16-10-14(26-3)6-8-17(16)27-4)29(24,25)18-9-13(20)5-7-15(18)21/h5-10,12H,11H2,1-4H3. The molecule has 0 fully saturated rings. The van der Waals surface area contributed by atoms with Crippen LogP contribution in [0.25, 0.3) is 0 Å². The van der Waals surface area contributed by atoms with E-state index in [0.717, 1.165) is 4.31 Å². The van der Waals surface area contributed by atoms with Crippen molar-refractivity contribution in [3.05, 3.63) is 46.4 Å². The molecule has 10 heteroatoms. The van der Waals surface area contributed by atoms with E-state index in [1.165, 1.54) is 44.6 Å². The van der Waals surface area contributed by atoms with Crippen LogP contribution in [0, 0.1) is 0 Å². The number of carbonyl (C=O) groups is 1. The topological polar surface area (TPSA) is 82.1 Å². The lowest BCUT2D eigenvalue weighted by molar-refractivity contribution is -0.145. The highest BCUT2D eigenvalue weighted by Crippen LogP contribution is 2.37. The molecule has 0 atom stereocenters. The number of benzene rings is 2. The van der Waals surface area contributed by atoms with E-state index in [1.54, 1.807) is 19.9 Å². The molecular formula is C19H21Cl2NO6S. The first-order chi connectivity index (χ1) is 13.6. The van der Waals surface area contributed by atoms with E-state index in [2.05, 4.69) is 0 Å². The first kappa shape index (κ1) is 23.1. The minimum atomic E-state index is -4.32. The fraction of sp³-hybridized carbons (Fsp3) is 0.316. The van der Waals surface area contributed by atoms with Crippen molar-refractivity contribution in [3.8, 4) is 11.5 Å². The predicted molar refractivity (Wildman–Crippen MR) is 112 cm³/mol. The lowest BCUT2D eigenvalue weighted by atomic mass is 10.2. The number of carbonyl (C=O) groups excluding carboxylic acids is 1. The largest absolute Gasteiger partial charge is 0.497 e. The molecule has 158 valence electrons. The number of methoxy groups -OCH3 is 2. The van der Waals surface area contributed by atoms with Crippen LogP contribution in [0.5, 0.6) is 11.5 Å². The van der Waals surface area contributed by atoms with Crippen molar-refractivity contribution in [1.29, 1.82) is 0 Å². The molecule has 0 aliphatic rings.